The minimum Gasteiger partial charge on any atom is -0.465 e. The second kappa shape index (κ2) is 6.94. The van der Waals surface area contributed by atoms with Crippen LogP contribution in [-0.2, 0) is 9.53 Å². The van der Waals surface area contributed by atoms with Crippen molar-refractivity contribution in [3.63, 3.8) is 0 Å². The van der Waals surface area contributed by atoms with E-state index in [9.17, 15) is 9.59 Å². The minimum absolute atomic E-state index is 0.0881. The second-order valence-corrected chi connectivity index (χ2v) is 5.22. The lowest BCUT2D eigenvalue weighted by Crippen LogP contribution is -2.18. The predicted molar refractivity (Wildman–Crippen MR) is 82.0 cm³/mol. The highest BCUT2D eigenvalue weighted by Crippen LogP contribution is 2.18. The van der Waals surface area contributed by atoms with E-state index in [-0.39, 0.29) is 11.7 Å². The van der Waals surface area contributed by atoms with Crippen LogP contribution in [0.3, 0.4) is 0 Å². The number of rotatable bonds is 5. The van der Waals surface area contributed by atoms with Crippen LogP contribution in [-0.4, -0.2) is 39.6 Å². The van der Waals surface area contributed by atoms with Gasteiger partial charge in [0.25, 0.3) is 0 Å². The number of esters is 1. The molecule has 0 bridgehead atoms. The number of aromatic nitrogens is 3. The molecule has 0 radical (unpaired) electrons. The van der Waals surface area contributed by atoms with Gasteiger partial charge in [0.15, 0.2) is 0 Å². The highest BCUT2D eigenvalue weighted by Gasteiger charge is 2.14. The van der Waals surface area contributed by atoms with Gasteiger partial charge in [-0.3, -0.25) is 4.79 Å². The molecule has 22 heavy (non-hydrogen) atoms. The van der Waals surface area contributed by atoms with Crippen LogP contribution >= 0.6 is 11.8 Å². The largest absolute Gasteiger partial charge is 0.465 e. The van der Waals surface area contributed by atoms with Crippen LogP contribution in [0.15, 0.2) is 29.4 Å². The van der Waals surface area contributed by atoms with E-state index < -0.39 is 5.97 Å². The zero-order valence-electron chi connectivity index (χ0n) is 12.1. The van der Waals surface area contributed by atoms with Crippen LogP contribution in [0.4, 0.5) is 5.69 Å². The number of carbonyl (C=O) groups excluding carboxylic acids is 2. The van der Waals surface area contributed by atoms with E-state index in [0.29, 0.717) is 22.2 Å². The lowest BCUT2D eigenvalue weighted by molar-refractivity contribution is -0.113. The molecule has 1 aromatic carbocycles. The van der Waals surface area contributed by atoms with Crippen molar-refractivity contribution in [1.82, 2.24) is 14.9 Å². The number of ether oxygens (including phenoxy) is 1. The van der Waals surface area contributed by atoms with Gasteiger partial charge in [-0.15, -0.1) is 10.2 Å². The fourth-order valence-corrected chi connectivity index (χ4v) is 2.35. The number of amides is 1. The molecule has 0 aliphatic carbocycles. The number of benzene rings is 1. The summed E-state index contributed by atoms with van der Waals surface area (Å²) in [6.45, 7) is 1.71. The molecule has 0 atom stereocenters. The molecule has 2 aromatic rings. The summed E-state index contributed by atoms with van der Waals surface area (Å²) in [5, 5.41) is 10.8. The van der Waals surface area contributed by atoms with E-state index in [1.807, 2.05) is 0 Å². The summed E-state index contributed by atoms with van der Waals surface area (Å²) in [5.74, 6) is 5.54. The first-order valence-corrected chi connectivity index (χ1v) is 7.28. The van der Waals surface area contributed by atoms with Crippen LogP contribution in [0.1, 0.15) is 16.2 Å². The number of nitrogens with two attached hydrogens (primary N) is 1. The lowest BCUT2D eigenvalue weighted by atomic mass is 10.2. The first-order valence-electron chi connectivity index (χ1n) is 6.30. The maximum absolute atomic E-state index is 12.0. The number of anilines is 1. The average Bonchev–Trinajstić information content (AvgIpc) is 2.84. The molecule has 0 aliphatic rings. The highest BCUT2D eigenvalue weighted by atomic mass is 32.2. The molecule has 0 aliphatic heterocycles. The van der Waals surface area contributed by atoms with Crippen molar-refractivity contribution in [1.29, 1.82) is 0 Å². The van der Waals surface area contributed by atoms with Crippen molar-refractivity contribution in [2.75, 3.05) is 24.0 Å². The smallest absolute Gasteiger partial charge is 0.339 e. The standard InChI is InChI=1S/C13H15N5O3S/c1-8-16-17-13(18(8)14)22-7-11(19)15-10-6-4-3-5-9(10)12(20)21-2/h3-6H,7,14H2,1-2H3,(H,15,19). The molecule has 0 saturated carbocycles. The van der Waals surface area contributed by atoms with Gasteiger partial charge in [0.05, 0.1) is 24.1 Å². The summed E-state index contributed by atoms with van der Waals surface area (Å²) in [4.78, 5) is 23.6. The van der Waals surface area contributed by atoms with Crippen LogP contribution in [0.2, 0.25) is 0 Å². The molecule has 1 amide bonds. The molecule has 9 heteroatoms. The first kappa shape index (κ1) is 15.8. The van der Waals surface area contributed by atoms with Gasteiger partial charge in [-0.1, -0.05) is 23.9 Å². The maximum atomic E-state index is 12.0. The summed E-state index contributed by atoms with van der Waals surface area (Å²) >= 11 is 1.15. The van der Waals surface area contributed by atoms with Gasteiger partial charge >= 0.3 is 5.97 Å². The van der Waals surface area contributed by atoms with Crippen LogP contribution in [0, 0.1) is 6.92 Å². The van der Waals surface area contributed by atoms with E-state index in [1.54, 1.807) is 31.2 Å². The normalized spacial score (nSPS) is 10.3. The third kappa shape index (κ3) is 3.55. The van der Waals surface area contributed by atoms with E-state index >= 15 is 0 Å². The van der Waals surface area contributed by atoms with E-state index in [1.165, 1.54) is 11.8 Å². The zero-order valence-corrected chi connectivity index (χ0v) is 12.9. The zero-order chi connectivity index (χ0) is 16.1. The molecular formula is C13H15N5O3S. The fraction of sp³-hybridized carbons (Fsp3) is 0.231. The van der Waals surface area contributed by atoms with Gasteiger partial charge in [0, 0.05) is 0 Å². The number of hydrogen-bond acceptors (Lipinski definition) is 7. The summed E-state index contributed by atoms with van der Waals surface area (Å²) < 4.78 is 5.98. The fourth-order valence-electron chi connectivity index (χ4n) is 1.64. The number of carbonyl (C=O) groups is 2. The second-order valence-electron chi connectivity index (χ2n) is 4.27. The summed E-state index contributed by atoms with van der Waals surface area (Å²) in [6, 6.07) is 6.62. The van der Waals surface area contributed by atoms with Crippen molar-refractivity contribution < 1.29 is 14.3 Å². The van der Waals surface area contributed by atoms with Gasteiger partial charge in [-0.2, -0.15) is 0 Å². The molecule has 0 unspecified atom stereocenters. The molecule has 1 heterocycles. The molecule has 2 rings (SSSR count). The van der Waals surface area contributed by atoms with Crippen molar-refractivity contribution in [2.24, 2.45) is 0 Å². The van der Waals surface area contributed by atoms with Crippen molar-refractivity contribution in [3.8, 4) is 0 Å². The Labute approximate surface area is 131 Å². The monoisotopic (exact) mass is 321 g/mol. The molecule has 0 fully saturated rings. The Bertz CT molecular complexity index is 701. The van der Waals surface area contributed by atoms with E-state index in [2.05, 4.69) is 20.3 Å². The summed E-state index contributed by atoms with van der Waals surface area (Å²) in [6.07, 6.45) is 0. The molecule has 0 spiro atoms. The minimum atomic E-state index is -0.513. The number of nitrogens with one attached hydrogen (secondary N) is 1. The SMILES string of the molecule is COC(=O)c1ccccc1NC(=O)CSc1nnc(C)n1N. The quantitative estimate of drug-likeness (QED) is 0.476. The van der Waals surface area contributed by atoms with Crippen molar-refractivity contribution in [2.45, 2.75) is 12.1 Å². The van der Waals surface area contributed by atoms with E-state index in [4.69, 9.17) is 5.84 Å². The number of nitrogens with zero attached hydrogens (tertiary/aromatic N) is 3. The number of thioether (sulfide) groups is 1. The van der Waals surface area contributed by atoms with Gasteiger partial charge in [0.1, 0.15) is 5.82 Å². The maximum Gasteiger partial charge on any atom is 0.339 e. The van der Waals surface area contributed by atoms with Gasteiger partial charge < -0.3 is 15.9 Å². The third-order valence-corrected chi connectivity index (χ3v) is 3.72. The predicted octanol–water partition coefficient (Wildman–Crippen LogP) is 0.818. The molecule has 116 valence electrons. The van der Waals surface area contributed by atoms with Crippen LogP contribution in [0.25, 0.3) is 0 Å². The Morgan fingerprint density at radius 1 is 1.36 bits per heavy atom. The number of para-hydroxylation sites is 1. The highest BCUT2D eigenvalue weighted by molar-refractivity contribution is 7.99. The summed E-state index contributed by atoms with van der Waals surface area (Å²) in [5.41, 5.74) is 0.687. The van der Waals surface area contributed by atoms with Gasteiger partial charge in [0.2, 0.25) is 11.1 Å². The average molecular weight is 321 g/mol. The molecular weight excluding hydrogens is 306 g/mol. The number of hydrogen-bond donors (Lipinski definition) is 2. The first-order chi connectivity index (χ1) is 10.5. The Balaban J connectivity index is 2.01. The number of nitrogen functional groups attached to an aromatic ring is 1. The lowest BCUT2D eigenvalue weighted by Gasteiger charge is -2.09. The van der Waals surface area contributed by atoms with Gasteiger partial charge in [-0.05, 0) is 19.1 Å². The number of methoxy groups -OCH3 is 1. The molecule has 8 nitrogen and oxygen atoms in total. The Morgan fingerprint density at radius 3 is 2.73 bits per heavy atom. The molecule has 0 saturated heterocycles. The van der Waals surface area contributed by atoms with Crippen molar-refractivity contribution >= 4 is 29.3 Å². The van der Waals surface area contributed by atoms with Crippen molar-refractivity contribution in [3.05, 3.63) is 35.7 Å². The van der Waals surface area contributed by atoms with E-state index in [0.717, 1.165) is 11.8 Å². The number of aryl methyl sites for hydroxylation is 1. The topological polar surface area (TPSA) is 112 Å². The Hall–Kier alpha value is -2.55. The van der Waals surface area contributed by atoms with Crippen LogP contribution < -0.4 is 11.2 Å². The van der Waals surface area contributed by atoms with Crippen LogP contribution in [0.5, 0.6) is 0 Å². The third-order valence-electron chi connectivity index (χ3n) is 2.77. The van der Waals surface area contributed by atoms with Gasteiger partial charge in [-0.25, -0.2) is 9.47 Å². The Kier molecular flexibility index (Phi) is 4.99. The summed E-state index contributed by atoms with van der Waals surface area (Å²) in [7, 11) is 1.28. The molecule has 1 aromatic heterocycles. The Morgan fingerprint density at radius 2 is 2.09 bits per heavy atom. The molecule has 3 N–H and O–H groups in total.